The number of carboxylic acids is 1. The van der Waals surface area contributed by atoms with Crippen LogP contribution >= 0.6 is 0 Å². The number of carbonyl (C=O) groups is 1. The monoisotopic (exact) mass is 528 g/mol. The zero-order chi connectivity index (χ0) is 28.0. The molecule has 1 aliphatic rings. The molecule has 8 heteroatoms. The van der Waals surface area contributed by atoms with Gasteiger partial charge in [0.1, 0.15) is 36.6 Å². The number of nitriles is 1. The van der Waals surface area contributed by atoms with Gasteiger partial charge in [-0.3, -0.25) is 0 Å². The number of rotatable bonds is 11. The van der Waals surface area contributed by atoms with E-state index < -0.39 is 17.6 Å². The summed E-state index contributed by atoms with van der Waals surface area (Å²) in [5.74, 6) is 0.0963. The van der Waals surface area contributed by atoms with E-state index in [2.05, 4.69) is 24.8 Å². The maximum absolute atomic E-state index is 11.2. The molecule has 1 heterocycles. The summed E-state index contributed by atoms with van der Waals surface area (Å²) in [6.07, 6.45) is 1.34. The van der Waals surface area contributed by atoms with Crippen molar-refractivity contribution in [3.05, 3.63) is 95.4 Å². The number of β-amino-alcohol motifs (C(OH)–C–C–N with tert-alkyl or cyclic N) is 1. The lowest BCUT2D eigenvalue weighted by atomic mass is 9.94. The molecule has 3 aromatic rings. The van der Waals surface area contributed by atoms with Gasteiger partial charge in [0.15, 0.2) is 0 Å². The normalized spacial score (nSPS) is 13.5. The van der Waals surface area contributed by atoms with Gasteiger partial charge in [-0.15, -0.1) is 0 Å². The van der Waals surface area contributed by atoms with Crippen LogP contribution in [0.25, 0.3) is 11.1 Å². The van der Waals surface area contributed by atoms with Crippen molar-refractivity contribution in [1.82, 2.24) is 0 Å². The van der Waals surface area contributed by atoms with E-state index in [0.717, 1.165) is 28.1 Å². The average molecular weight is 529 g/mol. The van der Waals surface area contributed by atoms with Crippen LogP contribution in [0.2, 0.25) is 0 Å². The van der Waals surface area contributed by atoms with Crippen molar-refractivity contribution in [3.8, 4) is 22.9 Å². The molecule has 0 unspecified atom stereocenters. The lowest BCUT2D eigenvalue weighted by Gasteiger charge is -2.42. The number of aryl methyl sites for hydroxylation is 1. The van der Waals surface area contributed by atoms with Gasteiger partial charge < -0.3 is 29.3 Å². The van der Waals surface area contributed by atoms with Crippen LogP contribution in [0.4, 0.5) is 5.69 Å². The van der Waals surface area contributed by atoms with Crippen molar-refractivity contribution in [3.63, 3.8) is 0 Å². The van der Waals surface area contributed by atoms with Crippen LogP contribution in [-0.2, 0) is 9.47 Å². The van der Waals surface area contributed by atoms with Crippen molar-refractivity contribution < 1.29 is 29.2 Å². The largest absolute Gasteiger partial charge is 0.489 e. The number of aliphatic hydroxyl groups is 1. The second-order valence-electron chi connectivity index (χ2n) is 10.1. The predicted octanol–water partition coefficient (Wildman–Crippen LogP) is 5.49. The first-order valence-corrected chi connectivity index (χ1v) is 12.6. The predicted molar refractivity (Wildman–Crippen MR) is 147 cm³/mol. The van der Waals surface area contributed by atoms with E-state index in [4.69, 9.17) is 19.3 Å². The minimum atomic E-state index is -0.997. The summed E-state index contributed by atoms with van der Waals surface area (Å²) >= 11 is 0. The second kappa shape index (κ2) is 11.9. The molecule has 3 aromatic carbocycles. The Kier molecular flexibility index (Phi) is 8.43. The lowest BCUT2D eigenvalue weighted by Crippen LogP contribution is -2.49. The van der Waals surface area contributed by atoms with E-state index >= 15 is 0 Å². The molecule has 8 nitrogen and oxygen atoms in total. The number of anilines is 1. The Balaban J connectivity index is 1.52. The van der Waals surface area contributed by atoms with E-state index in [9.17, 15) is 15.2 Å². The maximum Gasteiger partial charge on any atom is 0.335 e. The standard InChI is InChI=1S/C31H32N2O6/c1-21-6-4-5-7-28(21)33(31(2,3)15-27-19-37-20-39-27)17-26(34)18-38-29-14-24(12-13-25(29)16-32)22-8-10-23(11-9-22)30(35)36/h4-14,19,26,34H,15,17-18,20H2,1-3H3,(H,35,36)/t26-/m0/s1. The Hall–Kier alpha value is -4.48. The summed E-state index contributed by atoms with van der Waals surface area (Å²) in [4.78, 5) is 13.3. The first kappa shape index (κ1) is 27.6. The molecule has 0 bridgehead atoms. The van der Waals surface area contributed by atoms with Gasteiger partial charge in [-0.05, 0) is 67.8 Å². The van der Waals surface area contributed by atoms with Gasteiger partial charge >= 0.3 is 5.97 Å². The summed E-state index contributed by atoms with van der Waals surface area (Å²) in [5, 5.41) is 29.9. The van der Waals surface area contributed by atoms with Gasteiger partial charge in [0, 0.05) is 24.2 Å². The molecule has 0 fully saturated rings. The molecule has 0 saturated heterocycles. The fourth-order valence-electron chi connectivity index (χ4n) is 4.59. The number of para-hydroxylation sites is 1. The molecule has 202 valence electrons. The third-order valence-corrected chi connectivity index (χ3v) is 6.66. The summed E-state index contributed by atoms with van der Waals surface area (Å²) in [7, 11) is 0. The summed E-state index contributed by atoms with van der Waals surface area (Å²) in [6.45, 7) is 6.66. The molecule has 39 heavy (non-hydrogen) atoms. The van der Waals surface area contributed by atoms with Crippen LogP contribution in [0.15, 0.2) is 78.8 Å². The van der Waals surface area contributed by atoms with Gasteiger partial charge in [0.05, 0.1) is 11.1 Å². The fourth-order valence-corrected chi connectivity index (χ4v) is 4.59. The first-order valence-electron chi connectivity index (χ1n) is 12.6. The summed E-state index contributed by atoms with van der Waals surface area (Å²) in [6, 6.07) is 21.8. The van der Waals surface area contributed by atoms with Gasteiger partial charge in [-0.2, -0.15) is 5.26 Å². The quantitative estimate of drug-likeness (QED) is 0.336. The Morgan fingerprint density at radius 2 is 1.85 bits per heavy atom. The second-order valence-corrected chi connectivity index (χ2v) is 10.1. The van der Waals surface area contributed by atoms with Crippen LogP contribution in [0.1, 0.15) is 41.8 Å². The third kappa shape index (κ3) is 6.70. The minimum Gasteiger partial charge on any atom is -0.489 e. The Labute approximate surface area is 228 Å². The molecule has 0 amide bonds. The molecule has 2 N–H and O–H groups in total. The minimum absolute atomic E-state index is 0.0309. The van der Waals surface area contributed by atoms with Gasteiger partial charge in [0.25, 0.3) is 0 Å². The molecule has 1 atom stereocenters. The number of ether oxygens (including phenoxy) is 3. The smallest absolute Gasteiger partial charge is 0.335 e. The number of nitrogens with zero attached hydrogens (tertiary/aromatic N) is 2. The van der Waals surface area contributed by atoms with Crippen molar-refractivity contribution in [1.29, 1.82) is 5.26 Å². The van der Waals surface area contributed by atoms with E-state index in [1.165, 1.54) is 12.1 Å². The highest BCUT2D eigenvalue weighted by molar-refractivity contribution is 5.88. The topological polar surface area (TPSA) is 112 Å². The highest BCUT2D eigenvalue weighted by Crippen LogP contribution is 2.33. The molecule has 0 aliphatic carbocycles. The summed E-state index contributed by atoms with van der Waals surface area (Å²) in [5.41, 5.74) is 3.73. The number of aliphatic hydroxyl groups excluding tert-OH is 1. The highest BCUT2D eigenvalue weighted by Gasteiger charge is 2.32. The van der Waals surface area contributed by atoms with E-state index in [1.807, 2.05) is 31.2 Å². The molecular weight excluding hydrogens is 496 g/mol. The van der Waals surface area contributed by atoms with Crippen molar-refractivity contribution in [2.45, 2.75) is 38.8 Å². The lowest BCUT2D eigenvalue weighted by molar-refractivity contribution is 0.0696. The van der Waals surface area contributed by atoms with Crippen LogP contribution in [0.5, 0.6) is 5.75 Å². The van der Waals surface area contributed by atoms with Crippen molar-refractivity contribution >= 4 is 11.7 Å². The van der Waals surface area contributed by atoms with Crippen LogP contribution in [-0.4, -0.2) is 47.8 Å². The van der Waals surface area contributed by atoms with E-state index in [1.54, 1.807) is 36.6 Å². The molecule has 0 spiro atoms. The van der Waals surface area contributed by atoms with Crippen molar-refractivity contribution in [2.24, 2.45) is 0 Å². The van der Waals surface area contributed by atoms with Crippen LogP contribution in [0, 0.1) is 18.3 Å². The zero-order valence-corrected chi connectivity index (χ0v) is 22.3. The third-order valence-electron chi connectivity index (χ3n) is 6.66. The van der Waals surface area contributed by atoms with E-state index in [0.29, 0.717) is 17.7 Å². The average Bonchev–Trinajstić information content (AvgIpc) is 3.43. The number of aromatic carboxylic acids is 1. The fraction of sp³-hybridized carbons (Fsp3) is 0.290. The van der Waals surface area contributed by atoms with Crippen LogP contribution in [0.3, 0.4) is 0 Å². The Morgan fingerprint density at radius 1 is 1.13 bits per heavy atom. The number of benzene rings is 3. The molecular formula is C31H32N2O6. The number of hydrogen-bond donors (Lipinski definition) is 2. The summed E-state index contributed by atoms with van der Waals surface area (Å²) < 4.78 is 16.8. The SMILES string of the molecule is Cc1ccccc1N(C[C@H](O)COc1cc(-c2ccc(C(=O)O)cc2)ccc1C#N)C(C)(C)CC1=COCO1. The molecule has 0 aromatic heterocycles. The number of hydrogen-bond acceptors (Lipinski definition) is 7. The van der Waals surface area contributed by atoms with Gasteiger partial charge in [-0.25, -0.2) is 4.79 Å². The molecule has 1 aliphatic heterocycles. The number of carboxylic acid groups (broad SMARTS) is 1. The molecule has 4 rings (SSSR count). The van der Waals surface area contributed by atoms with Crippen molar-refractivity contribution in [2.75, 3.05) is 24.8 Å². The maximum atomic E-state index is 11.2. The van der Waals surface area contributed by atoms with E-state index in [-0.39, 0.29) is 25.5 Å². The Bertz CT molecular complexity index is 1390. The highest BCUT2D eigenvalue weighted by atomic mass is 16.7. The van der Waals surface area contributed by atoms with Crippen LogP contribution < -0.4 is 9.64 Å². The molecule has 0 saturated carbocycles. The van der Waals surface area contributed by atoms with Gasteiger partial charge in [-0.1, -0.05) is 36.4 Å². The first-order chi connectivity index (χ1) is 18.7. The van der Waals surface area contributed by atoms with Gasteiger partial charge in [0.2, 0.25) is 6.79 Å². The zero-order valence-electron chi connectivity index (χ0n) is 22.3. The molecule has 0 radical (unpaired) electrons. The Morgan fingerprint density at radius 3 is 2.49 bits per heavy atom.